The van der Waals surface area contributed by atoms with Crippen molar-refractivity contribution in [3.05, 3.63) is 35.9 Å². The van der Waals surface area contributed by atoms with E-state index in [0.717, 1.165) is 5.56 Å². The van der Waals surface area contributed by atoms with Gasteiger partial charge >= 0.3 is 5.97 Å². The summed E-state index contributed by atoms with van der Waals surface area (Å²) < 4.78 is 23.5. The highest BCUT2D eigenvalue weighted by Gasteiger charge is 2.54. The highest BCUT2D eigenvalue weighted by atomic mass is 16.7. The number of hydrogen-bond donors (Lipinski definition) is 2. The van der Waals surface area contributed by atoms with E-state index >= 15 is 0 Å². The molecule has 1 aliphatic heterocycles. The Hall–Kier alpha value is -1.47. The molecule has 2 fully saturated rings. The van der Waals surface area contributed by atoms with Crippen LogP contribution in [0.15, 0.2) is 30.3 Å². The van der Waals surface area contributed by atoms with Gasteiger partial charge in [-0.2, -0.15) is 0 Å². The molecule has 1 saturated heterocycles. The Bertz CT molecular complexity index is 538. The standard InChI is InChI=1S/C15H18O6/c1-19-14(17)15(18)7-10(16)12-11(8-15)20-13(21-12)9-5-3-2-4-6-9/h2-6,10-13,16,18H,7-8H2,1H3/t10-,11-,12+,13?,15-/m1/s1/i16T. The van der Waals surface area contributed by atoms with E-state index in [0.29, 0.717) is 0 Å². The van der Waals surface area contributed by atoms with E-state index in [-0.39, 0.29) is 12.8 Å². The largest absolute Gasteiger partial charge is 0.467 e. The van der Waals surface area contributed by atoms with Gasteiger partial charge in [0.2, 0.25) is 1.43 Å². The molecule has 114 valence electrons. The predicted molar refractivity (Wildman–Crippen MR) is 71.1 cm³/mol. The van der Waals surface area contributed by atoms with E-state index in [1.54, 1.807) is 0 Å². The van der Waals surface area contributed by atoms with Crippen LogP contribution in [0, 0.1) is 0 Å². The van der Waals surface area contributed by atoms with E-state index in [1.165, 1.54) is 7.11 Å². The Labute approximate surface area is 123 Å². The molecule has 1 aromatic rings. The molecule has 21 heavy (non-hydrogen) atoms. The third-order valence-corrected chi connectivity index (χ3v) is 4.03. The smallest absolute Gasteiger partial charge is 0.338 e. The molecule has 1 unspecified atom stereocenters. The fraction of sp³-hybridized carbons (Fsp3) is 0.533. The molecule has 2 N–H and O–H groups in total. The molecule has 1 aromatic carbocycles. The van der Waals surface area contributed by atoms with Crippen molar-refractivity contribution in [1.29, 1.82) is 1.43 Å². The molecular formula is C15H18O6. The molecule has 1 saturated carbocycles. The first-order valence-corrected chi connectivity index (χ1v) is 6.86. The number of hydrogen-bond acceptors (Lipinski definition) is 6. The molecule has 0 radical (unpaired) electrons. The second-order valence-corrected chi connectivity index (χ2v) is 5.49. The minimum absolute atomic E-state index is 0.0491. The molecule has 3 rings (SSSR count). The predicted octanol–water partition coefficient (Wildman–Crippen LogP) is 0.528. The van der Waals surface area contributed by atoms with Gasteiger partial charge in [-0.15, -0.1) is 0 Å². The minimum atomic E-state index is -1.73. The Balaban J connectivity index is 1.81. The molecule has 6 nitrogen and oxygen atoms in total. The molecule has 1 heterocycles. The molecule has 0 aromatic heterocycles. The fourth-order valence-electron chi connectivity index (χ4n) is 2.98. The number of esters is 1. The normalized spacial score (nSPS) is 39.4. The number of benzene rings is 1. The molecule has 1 aliphatic carbocycles. The van der Waals surface area contributed by atoms with E-state index in [1.807, 2.05) is 30.3 Å². The lowest BCUT2D eigenvalue weighted by atomic mass is 9.80. The number of methoxy groups -OCH3 is 1. The highest BCUT2D eigenvalue weighted by Crippen LogP contribution is 2.42. The van der Waals surface area contributed by atoms with Crippen LogP contribution in [0.25, 0.3) is 0 Å². The SMILES string of the molecule is [3H]O[C@@H]1C[C@](O)(C(=O)OC)C[C@H]2OC(c3ccccc3)O[C@@H]12. The average Bonchev–Trinajstić information content (AvgIpc) is 2.97. The van der Waals surface area contributed by atoms with Crippen LogP contribution in [0.5, 0.6) is 0 Å². The Morgan fingerprint density at radius 2 is 2.14 bits per heavy atom. The average molecular weight is 296 g/mol. The van der Waals surface area contributed by atoms with Gasteiger partial charge in [-0.1, -0.05) is 30.3 Å². The Morgan fingerprint density at radius 1 is 1.38 bits per heavy atom. The number of fused-ring (bicyclic) bond motifs is 1. The second kappa shape index (κ2) is 5.38. The Morgan fingerprint density at radius 3 is 2.81 bits per heavy atom. The summed E-state index contributed by atoms with van der Waals surface area (Å²) in [7, 11) is 1.21. The van der Waals surface area contributed by atoms with Crippen LogP contribution < -0.4 is 0 Å². The summed E-state index contributed by atoms with van der Waals surface area (Å²) in [5.74, 6) is -0.750. The van der Waals surface area contributed by atoms with Crippen LogP contribution in [0.4, 0.5) is 0 Å². The summed E-state index contributed by atoms with van der Waals surface area (Å²) in [6.07, 6.45) is -2.43. The van der Waals surface area contributed by atoms with Crippen LogP contribution in [0.2, 0.25) is 0 Å². The zero-order chi connectivity index (χ0) is 15.7. The first kappa shape index (κ1) is 13.2. The van der Waals surface area contributed by atoms with Gasteiger partial charge < -0.3 is 24.4 Å². The summed E-state index contributed by atoms with van der Waals surface area (Å²) in [5.41, 5.74) is -0.890. The first-order valence-electron chi connectivity index (χ1n) is 7.27. The van der Waals surface area contributed by atoms with Crippen molar-refractivity contribution >= 4 is 5.97 Å². The van der Waals surface area contributed by atoms with Crippen molar-refractivity contribution in [2.45, 2.75) is 43.0 Å². The van der Waals surface area contributed by atoms with Crippen LogP contribution >= 0.6 is 0 Å². The van der Waals surface area contributed by atoms with E-state index in [9.17, 15) is 9.90 Å². The van der Waals surface area contributed by atoms with Crippen LogP contribution in [0.1, 0.15) is 24.7 Å². The minimum Gasteiger partial charge on any atom is -0.467 e. The van der Waals surface area contributed by atoms with Gasteiger partial charge in [0, 0.05) is 18.4 Å². The van der Waals surface area contributed by atoms with Gasteiger partial charge in [-0.3, -0.25) is 0 Å². The van der Waals surface area contributed by atoms with Gasteiger partial charge in [0.05, 0.1) is 19.3 Å². The third kappa shape index (κ3) is 2.55. The maximum absolute atomic E-state index is 11.8. The lowest BCUT2D eigenvalue weighted by Crippen LogP contribution is -2.55. The van der Waals surface area contributed by atoms with Crippen molar-refractivity contribution < 1.29 is 29.2 Å². The third-order valence-electron chi connectivity index (χ3n) is 4.03. The summed E-state index contributed by atoms with van der Waals surface area (Å²) in [4.78, 5) is 11.8. The van der Waals surface area contributed by atoms with Gasteiger partial charge in [0.25, 0.3) is 0 Å². The van der Waals surface area contributed by atoms with Crippen LogP contribution in [0.3, 0.4) is 0 Å². The molecule has 5 atom stereocenters. The zero-order valence-corrected chi connectivity index (χ0v) is 11.6. The molecule has 0 bridgehead atoms. The number of carbonyl (C=O) groups is 1. The van der Waals surface area contributed by atoms with Crippen molar-refractivity contribution in [3.63, 3.8) is 0 Å². The summed E-state index contributed by atoms with van der Waals surface area (Å²) in [6.45, 7) is 0. The lowest BCUT2D eigenvalue weighted by molar-refractivity contribution is -0.179. The topological polar surface area (TPSA) is 85.2 Å². The maximum Gasteiger partial charge on any atom is 0.338 e. The number of aliphatic hydroxyl groups excluding tert-OH is 1. The number of carbonyl (C=O) groups excluding carboxylic acids is 1. The number of aliphatic hydroxyl groups is 2. The summed E-state index contributed by atoms with van der Waals surface area (Å²) >= 11 is 0. The van der Waals surface area contributed by atoms with E-state index < -0.39 is 36.2 Å². The van der Waals surface area contributed by atoms with E-state index in [4.69, 9.17) is 10.9 Å². The van der Waals surface area contributed by atoms with Crippen LogP contribution in [-0.2, 0) is 19.0 Å². The first-order chi connectivity index (χ1) is 10.6. The summed E-state index contributed by atoms with van der Waals surface area (Å²) in [5, 5.41) is 15.1. The zero-order valence-electron chi connectivity index (χ0n) is 12.6. The van der Waals surface area contributed by atoms with Crippen molar-refractivity contribution in [2.24, 2.45) is 0 Å². The lowest BCUT2D eigenvalue weighted by Gasteiger charge is -2.37. The van der Waals surface area contributed by atoms with E-state index in [2.05, 4.69) is 9.85 Å². The second-order valence-electron chi connectivity index (χ2n) is 5.49. The molecule has 2 aliphatic rings. The molecule has 6 heteroatoms. The number of rotatable bonds is 3. The maximum atomic E-state index is 11.8. The molecular weight excluding hydrogens is 276 g/mol. The van der Waals surface area contributed by atoms with Crippen LogP contribution in [-0.4, -0.2) is 48.6 Å². The fourth-order valence-corrected chi connectivity index (χ4v) is 2.98. The highest BCUT2D eigenvalue weighted by molar-refractivity contribution is 5.79. The molecule has 0 amide bonds. The molecule has 0 spiro atoms. The van der Waals surface area contributed by atoms with Gasteiger partial charge in [0.1, 0.15) is 6.10 Å². The van der Waals surface area contributed by atoms with Crippen molar-refractivity contribution in [3.8, 4) is 0 Å². The Kier molecular flexibility index (Phi) is 3.39. The summed E-state index contributed by atoms with van der Waals surface area (Å²) in [6, 6.07) is 9.36. The van der Waals surface area contributed by atoms with Gasteiger partial charge in [-0.05, 0) is 0 Å². The van der Waals surface area contributed by atoms with Gasteiger partial charge in [-0.25, -0.2) is 4.79 Å². The quantitative estimate of drug-likeness (QED) is 0.791. The number of ether oxygens (including phenoxy) is 3. The monoisotopic (exact) mass is 296 g/mol. The van der Waals surface area contributed by atoms with Crippen molar-refractivity contribution in [2.75, 3.05) is 7.11 Å². The van der Waals surface area contributed by atoms with Gasteiger partial charge in [0.15, 0.2) is 11.9 Å². The van der Waals surface area contributed by atoms with Crippen molar-refractivity contribution in [1.82, 2.24) is 0 Å².